The Morgan fingerprint density at radius 3 is 2.41 bits per heavy atom. The summed E-state index contributed by atoms with van der Waals surface area (Å²) in [6, 6.07) is 14.6. The van der Waals surface area contributed by atoms with Gasteiger partial charge >= 0.3 is 0 Å². The lowest BCUT2D eigenvalue weighted by Gasteiger charge is -2.29. The molecule has 0 bridgehead atoms. The van der Waals surface area contributed by atoms with Crippen LogP contribution in [0.2, 0.25) is 0 Å². The number of hydrogen-bond acceptors (Lipinski definition) is 4. The van der Waals surface area contributed by atoms with Crippen LogP contribution < -0.4 is 14.2 Å². The fourth-order valence-corrected chi connectivity index (χ4v) is 4.12. The van der Waals surface area contributed by atoms with Crippen molar-refractivity contribution >= 4 is 0 Å². The lowest BCUT2D eigenvalue weighted by atomic mass is 9.99. The van der Waals surface area contributed by atoms with E-state index in [0.29, 0.717) is 5.92 Å². The number of likely N-dealkylation sites (tertiary alicyclic amines) is 1. The summed E-state index contributed by atoms with van der Waals surface area (Å²) in [4.78, 5) is 2.41. The molecule has 2 aromatic rings. The van der Waals surface area contributed by atoms with Gasteiger partial charge in [0.25, 0.3) is 0 Å². The lowest BCUT2D eigenvalue weighted by molar-refractivity contribution is 0.150. The molecule has 4 heteroatoms. The Balaban J connectivity index is 1.48. The number of piperidine rings is 1. The highest BCUT2D eigenvalue weighted by Gasteiger charge is 2.18. The van der Waals surface area contributed by atoms with Gasteiger partial charge in [0.1, 0.15) is 17.2 Å². The van der Waals surface area contributed by atoms with Crippen LogP contribution in [0.4, 0.5) is 0 Å². The van der Waals surface area contributed by atoms with Gasteiger partial charge in [-0.3, -0.25) is 0 Å². The van der Waals surface area contributed by atoms with E-state index in [2.05, 4.69) is 48.3 Å². The fraction of sp³-hybridized carbons (Fsp3) is 0.520. The standard InChI is InChI=1S/C25H35NO3/c1-26-14-8-10-21(18-26)19-29-25-13-7-6-12-22(25)11-5-4-9-20-15-23(27-2)17-24(16-20)28-3/h6-7,12-13,15-17,21H,4-5,8-11,14,18-19H2,1-3H3. The number of benzene rings is 2. The molecule has 0 spiro atoms. The van der Waals surface area contributed by atoms with E-state index in [1.807, 2.05) is 6.07 Å². The van der Waals surface area contributed by atoms with Crippen LogP contribution >= 0.6 is 0 Å². The first kappa shape index (κ1) is 21.5. The fourth-order valence-electron chi connectivity index (χ4n) is 4.12. The molecule has 0 saturated carbocycles. The van der Waals surface area contributed by atoms with Gasteiger partial charge in [0.2, 0.25) is 0 Å². The topological polar surface area (TPSA) is 30.9 Å². The summed E-state index contributed by atoms with van der Waals surface area (Å²) in [7, 11) is 5.60. The molecule has 29 heavy (non-hydrogen) atoms. The molecule has 0 N–H and O–H groups in total. The number of hydrogen-bond donors (Lipinski definition) is 0. The molecule has 1 aliphatic rings. The Morgan fingerprint density at radius 2 is 1.69 bits per heavy atom. The van der Waals surface area contributed by atoms with Crippen molar-refractivity contribution in [1.29, 1.82) is 0 Å². The molecule has 0 radical (unpaired) electrons. The molecule has 1 atom stereocenters. The number of nitrogens with zero attached hydrogens (tertiary/aromatic N) is 1. The summed E-state index contributed by atoms with van der Waals surface area (Å²) in [5.74, 6) is 3.41. The molecule has 0 amide bonds. The number of para-hydroxylation sites is 1. The molecule has 0 aliphatic carbocycles. The van der Waals surface area contributed by atoms with E-state index in [0.717, 1.165) is 56.1 Å². The van der Waals surface area contributed by atoms with Crippen LogP contribution in [0.5, 0.6) is 17.2 Å². The lowest BCUT2D eigenvalue weighted by Crippen LogP contribution is -2.34. The minimum absolute atomic E-state index is 0.643. The SMILES string of the molecule is COc1cc(CCCCc2ccccc2OCC2CCCN(C)C2)cc(OC)c1. The third-order valence-electron chi connectivity index (χ3n) is 5.74. The van der Waals surface area contributed by atoms with Crippen LogP contribution in [0.25, 0.3) is 0 Å². The Morgan fingerprint density at radius 1 is 0.966 bits per heavy atom. The average Bonchev–Trinajstić information content (AvgIpc) is 2.75. The van der Waals surface area contributed by atoms with Crippen molar-refractivity contribution in [3.05, 3.63) is 53.6 Å². The van der Waals surface area contributed by atoms with Crippen LogP contribution in [0.15, 0.2) is 42.5 Å². The maximum absolute atomic E-state index is 6.24. The quantitative estimate of drug-likeness (QED) is 0.529. The highest BCUT2D eigenvalue weighted by atomic mass is 16.5. The van der Waals surface area contributed by atoms with E-state index in [1.165, 1.54) is 30.5 Å². The zero-order chi connectivity index (χ0) is 20.5. The Hall–Kier alpha value is -2.20. The van der Waals surface area contributed by atoms with Crippen molar-refractivity contribution in [2.24, 2.45) is 5.92 Å². The van der Waals surface area contributed by atoms with Gasteiger partial charge in [-0.2, -0.15) is 0 Å². The normalized spacial score (nSPS) is 17.1. The first-order chi connectivity index (χ1) is 14.2. The van der Waals surface area contributed by atoms with Gasteiger partial charge < -0.3 is 19.1 Å². The summed E-state index contributed by atoms with van der Waals surface area (Å²) in [6.45, 7) is 3.18. The molecule has 1 saturated heterocycles. The van der Waals surface area contributed by atoms with Crippen LogP contribution in [0.3, 0.4) is 0 Å². The summed E-state index contributed by atoms with van der Waals surface area (Å²) in [6.07, 6.45) is 6.87. The average molecular weight is 398 g/mol. The van der Waals surface area contributed by atoms with E-state index in [1.54, 1.807) is 14.2 Å². The maximum Gasteiger partial charge on any atom is 0.122 e. The van der Waals surface area contributed by atoms with Crippen molar-refractivity contribution in [3.8, 4) is 17.2 Å². The number of methoxy groups -OCH3 is 2. The molecule has 1 aliphatic heterocycles. The highest BCUT2D eigenvalue weighted by Crippen LogP contribution is 2.25. The minimum atomic E-state index is 0.643. The molecule has 158 valence electrons. The Labute approximate surface area is 175 Å². The van der Waals surface area contributed by atoms with E-state index >= 15 is 0 Å². The minimum Gasteiger partial charge on any atom is -0.497 e. The Bertz CT molecular complexity index is 739. The van der Waals surface area contributed by atoms with E-state index in [-0.39, 0.29) is 0 Å². The van der Waals surface area contributed by atoms with Gasteiger partial charge in [-0.25, -0.2) is 0 Å². The van der Waals surface area contributed by atoms with E-state index in [9.17, 15) is 0 Å². The predicted octanol–water partition coefficient (Wildman–Crippen LogP) is 4.99. The van der Waals surface area contributed by atoms with Gasteiger partial charge in [0.15, 0.2) is 0 Å². The zero-order valence-corrected chi connectivity index (χ0v) is 18.2. The molecule has 1 fully saturated rings. The van der Waals surface area contributed by atoms with Gasteiger partial charge in [-0.1, -0.05) is 18.2 Å². The second-order valence-corrected chi connectivity index (χ2v) is 8.12. The number of ether oxygens (including phenoxy) is 3. The predicted molar refractivity (Wildman–Crippen MR) is 118 cm³/mol. The molecular formula is C25H35NO3. The monoisotopic (exact) mass is 397 g/mol. The van der Waals surface area contributed by atoms with Crippen LogP contribution in [-0.4, -0.2) is 45.9 Å². The number of aryl methyl sites for hydroxylation is 2. The Kier molecular flexibility index (Phi) is 8.24. The first-order valence-electron chi connectivity index (χ1n) is 10.8. The largest absolute Gasteiger partial charge is 0.497 e. The summed E-state index contributed by atoms with van der Waals surface area (Å²) >= 11 is 0. The molecule has 0 aromatic heterocycles. The van der Waals surface area contributed by atoms with Crippen molar-refractivity contribution in [3.63, 3.8) is 0 Å². The van der Waals surface area contributed by atoms with Crippen molar-refractivity contribution in [2.45, 2.75) is 38.5 Å². The van der Waals surface area contributed by atoms with Crippen molar-refractivity contribution in [1.82, 2.24) is 4.90 Å². The van der Waals surface area contributed by atoms with E-state index in [4.69, 9.17) is 14.2 Å². The molecule has 4 nitrogen and oxygen atoms in total. The highest BCUT2D eigenvalue weighted by molar-refractivity contribution is 5.38. The van der Waals surface area contributed by atoms with Crippen molar-refractivity contribution < 1.29 is 14.2 Å². The third kappa shape index (κ3) is 6.67. The van der Waals surface area contributed by atoms with Gasteiger partial charge in [-0.05, 0) is 81.4 Å². The second kappa shape index (κ2) is 11.1. The second-order valence-electron chi connectivity index (χ2n) is 8.12. The summed E-state index contributed by atoms with van der Waals surface area (Å²) < 4.78 is 17.0. The molecule has 1 heterocycles. The molecular weight excluding hydrogens is 362 g/mol. The van der Waals surface area contributed by atoms with Crippen LogP contribution in [0, 0.1) is 5.92 Å². The van der Waals surface area contributed by atoms with Gasteiger partial charge in [-0.15, -0.1) is 0 Å². The summed E-state index contributed by atoms with van der Waals surface area (Å²) in [5, 5.41) is 0. The van der Waals surface area contributed by atoms with Crippen molar-refractivity contribution in [2.75, 3.05) is 41.0 Å². The number of unbranched alkanes of at least 4 members (excludes halogenated alkanes) is 1. The molecule has 3 rings (SSSR count). The first-order valence-corrected chi connectivity index (χ1v) is 10.8. The maximum atomic E-state index is 6.24. The van der Waals surface area contributed by atoms with Crippen LogP contribution in [0.1, 0.15) is 36.8 Å². The molecule has 2 aromatic carbocycles. The van der Waals surface area contributed by atoms with Crippen LogP contribution in [-0.2, 0) is 12.8 Å². The van der Waals surface area contributed by atoms with Gasteiger partial charge in [0.05, 0.1) is 20.8 Å². The van der Waals surface area contributed by atoms with E-state index < -0.39 is 0 Å². The smallest absolute Gasteiger partial charge is 0.122 e. The summed E-state index contributed by atoms with van der Waals surface area (Å²) in [5.41, 5.74) is 2.58. The zero-order valence-electron chi connectivity index (χ0n) is 18.2. The van der Waals surface area contributed by atoms with Gasteiger partial charge in [0, 0.05) is 18.5 Å². The molecule has 1 unspecified atom stereocenters. The third-order valence-corrected chi connectivity index (χ3v) is 5.74. The number of rotatable bonds is 10.